The van der Waals surface area contributed by atoms with Gasteiger partial charge in [0.25, 0.3) is 0 Å². The lowest BCUT2D eigenvalue weighted by molar-refractivity contribution is 0.133. The van der Waals surface area contributed by atoms with Crippen LogP contribution in [-0.4, -0.2) is 31.7 Å². The molecule has 0 aliphatic carbocycles. The van der Waals surface area contributed by atoms with Crippen LogP contribution in [0.2, 0.25) is 0 Å². The summed E-state index contributed by atoms with van der Waals surface area (Å²) in [5.41, 5.74) is 0. The first-order valence-electron chi connectivity index (χ1n) is 6.68. The molecule has 0 aliphatic rings. The van der Waals surface area contributed by atoms with Crippen LogP contribution in [0.15, 0.2) is 0 Å². The molecule has 0 saturated heterocycles. The van der Waals surface area contributed by atoms with Crippen LogP contribution in [0.25, 0.3) is 0 Å². The zero-order chi connectivity index (χ0) is 12.2. The summed E-state index contributed by atoms with van der Waals surface area (Å²) in [4.78, 5) is 0. The Morgan fingerprint density at radius 3 is 2.38 bits per heavy atom. The largest absolute Gasteiger partial charge is 0.380 e. The molecule has 0 aromatic rings. The van der Waals surface area contributed by atoms with E-state index in [1.807, 2.05) is 0 Å². The molecule has 0 rings (SSSR count). The van der Waals surface area contributed by atoms with Gasteiger partial charge in [0.15, 0.2) is 0 Å². The van der Waals surface area contributed by atoms with Crippen molar-refractivity contribution in [2.45, 2.75) is 51.8 Å². The molecule has 0 bridgehead atoms. The predicted molar refractivity (Wildman–Crippen MR) is 72.3 cm³/mol. The van der Waals surface area contributed by atoms with Gasteiger partial charge >= 0.3 is 0 Å². The minimum Gasteiger partial charge on any atom is -0.380 e. The zero-order valence-corrected chi connectivity index (χ0v) is 11.9. The minimum atomic E-state index is 0.255. The van der Waals surface area contributed by atoms with Crippen molar-refractivity contribution in [2.75, 3.05) is 26.3 Å². The van der Waals surface area contributed by atoms with Crippen molar-refractivity contribution in [3.63, 3.8) is 0 Å². The Labute approximate surface area is 106 Å². The second-order valence-corrected chi connectivity index (χ2v) is 4.82. The molecule has 2 nitrogen and oxygen atoms in total. The number of hydrogen-bond donors (Lipinski definition) is 1. The fraction of sp³-hybridized carbons (Fsp3) is 1.00. The van der Waals surface area contributed by atoms with Crippen LogP contribution < -0.4 is 5.32 Å². The molecule has 1 atom stereocenters. The number of nitrogens with one attached hydrogen (secondary N) is 1. The van der Waals surface area contributed by atoms with Crippen molar-refractivity contribution in [2.24, 2.45) is 5.92 Å². The van der Waals surface area contributed by atoms with Crippen molar-refractivity contribution in [1.82, 2.24) is 5.32 Å². The maximum atomic E-state index is 6.31. The highest BCUT2D eigenvalue weighted by Crippen LogP contribution is 2.17. The Kier molecular flexibility index (Phi) is 11.8. The second-order valence-electron chi connectivity index (χ2n) is 4.26. The number of unbranched alkanes of at least 4 members (excludes halogenated alkanes) is 1. The number of hydrogen-bond acceptors (Lipinski definition) is 2. The van der Waals surface area contributed by atoms with E-state index in [0.717, 1.165) is 32.7 Å². The summed E-state index contributed by atoms with van der Waals surface area (Å²) < 4.78 is 5.46. The summed E-state index contributed by atoms with van der Waals surface area (Å²) in [6.07, 6.45) is 4.69. The van der Waals surface area contributed by atoms with E-state index in [1.54, 1.807) is 0 Å². The SMILES string of the molecule is CCCCOCCNCC(Cl)C(CC)CC. The second kappa shape index (κ2) is 11.7. The van der Waals surface area contributed by atoms with E-state index in [0.29, 0.717) is 5.92 Å². The molecule has 98 valence electrons. The third kappa shape index (κ3) is 8.37. The minimum absolute atomic E-state index is 0.255. The molecule has 0 aromatic carbocycles. The van der Waals surface area contributed by atoms with Gasteiger partial charge in [0.05, 0.1) is 6.61 Å². The van der Waals surface area contributed by atoms with Gasteiger partial charge in [-0.2, -0.15) is 0 Å². The molecule has 0 amide bonds. The first-order valence-corrected chi connectivity index (χ1v) is 7.12. The molecule has 1 N–H and O–H groups in total. The standard InChI is InChI=1S/C13H28ClNO/c1-4-7-9-16-10-8-15-11-13(14)12(5-2)6-3/h12-13,15H,4-11H2,1-3H3. The van der Waals surface area contributed by atoms with Gasteiger partial charge in [-0.1, -0.05) is 40.0 Å². The molecule has 0 radical (unpaired) electrons. The Hall–Kier alpha value is 0.210. The molecule has 0 spiro atoms. The highest BCUT2D eigenvalue weighted by Gasteiger charge is 2.14. The Morgan fingerprint density at radius 1 is 1.12 bits per heavy atom. The highest BCUT2D eigenvalue weighted by atomic mass is 35.5. The number of alkyl halides is 1. The fourth-order valence-electron chi connectivity index (χ4n) is 1.70. The van der Waals surface area contributed by atoms with Crippen LogP contribution in [0, 0.1) is 5.92 Å². The number of rotatable bonds is 11. The number of halogens is 1. The monoisotopic (exact) mass is 249 g/mol. The molecule has 3 heteroatoms. The normalized spacial score (nSPS) is 13.3. The highest BCUT2D eigenvalue weighted by molar-refractivity contribution is 6.21. The van der Waals surface area contributed by atoms with Crippen molar-refractivity contribution < 1.29 is 4.74 Å². The summed E-state index contributed by atoms with van der Waals surface area (Å²) in [6, 6.07) is 0. The number of ether oxygens (including phenoxy) is 1. The third-order valence-corrected chi connectivity index (χ3v) is 3.48. The third-order valence-electron chi connectivity index (χ3n) is 2.97. The summed E-state index contributed by atoms with van der Waals surface area (Å²) in [6.45, 7) is 10.1. The molecule has 0 fully saturated rings. The first-order chi connectivity index (χ1) is 7.76. The van der Waals surface area contributed by atoms with Gasteiger partial charge in [0.2, 0.25) is 0 Å². The Bertz CT molecular complexity index is 140. The topological polar surface area (TPSA) is 21.3 Å². The maximum absolute atomic E-state index is 6.31. The average molecular weight is 250 g/mol. The molecule has 0 aliphatic heterocycles. The van der Waals surface area contributed by atoms with E-state index >= 15 is 0 Å². The van der Waals surface area contributed by atoms with Crippen LogP contribution in [-0.2, 0) is 4.74 Å². The molecule has 16 heavy (non-hydrogen) atoms. The van der Waals surface area contributed by atoms with Crippen molar-refractivity contribution in [3.05, 3.63) is 0 Å². The molecule has 1 unspecified atom stereocenters. The summed E-state index contributed by atoms with van der Waals surface area (Å²) in [5.74, 6) is 0.634. The van der Waals surface area contributed by atoms with E-state index < -0.39 is 0 Å². The smallest absolute Gasteiger partial charge is 0.0590 e. The Morgan fingerprint density at radius 2 is 1.81 bits per heavy atom. The van der Waals surface area contributed by atoms with Gasteiger partial charge in [-0.25, -0.2) is 0 Å². The van der Waals surface area contributed by atoms with E-state index in [1.165, 1.54) is 19.3 Å². The van der Waals surface area contributed by atoms with E-state index in [4.69, 9.17) is 16.3 Å². The fourth-order valence-corrected chi connectivity index (χ4v) is 2.17. The van der Waals surface area contributed by atoms with Gasteiger partial charge in [-0.3, -0.25) is 0 Å². The van der Waals surface area contributed by atoms with Crippen molar-refractivity contribution >= 4 is 11.6 Å². The molecule has 0 heterocycles. The van der Waals surface area contributed by atoms with E-state index in [2.05, 4.69) is 26.1 Å². The summed E-state index contributed by atoms with van der Waals surface area (Å²) >= 11 is 6.31. The van der Waals surface area contributed by atoms with Gasteiger partial charge in [0.1, 0.15) is 0 Å². The van der Waals surface area contributed by atoms with Crippen LogP contribution in [0.5, 0.6) is 0 Å². The van der Waals surface area contributed by atoms with Crippen molar-refractivity contribution in [1.29, 1.82) is 0 Å². The lowest BCUT2D eigenvalue weighted by atomic mass is 9.99. The maximum Gasteiger partial charge on any atom is 0.0590 e. The summed E-state index contributed by atoms with van der Waals surface area (Å²) in [7, 11) is 0. The van der Waals surface area contributed by atoms with E-state index in [9.17, 15) is 0 Å². The first kappa shape index (κ1) is 16.2. The van der Waals surface area contributed by atoms with Gasteiger partial charge in [-0.15, -0.1) is 11.6 Å². The molecular weight excluding hydrogens is 222 g/mol. The van der Waals surface area contributed by atoms with Gasteiger partial charge in [-0.05, 0) is 12.3 Å². The lowest BCUT2D eigenvalue weighted by Crippen LogP contribution is -2.31. The quantitative estimate of drug-likeness (QED) is 0.448. The van der Waals surface area contributed by atoms with E-state index in [-0.39, 0.29) is 5.38 Å². The van der Waals surface area contributed by atoms with Crippen LogP contribution in [0.4, 0.5) is 0 Å². The van der Waals surface area contributed by atoms with Gasteiger partial charge < -0.3 is 10.1 Å². The summed E-state index contributed by atoms with van der Waals surface area (Å²) in [5, 5.41) is 3.61. The lowest BCUT2D eigenvalue weighted by Gasteiger charge is -2.19. The zero-order valence-electron chi connectivity index (χ0n) is 11.1. The molecular formula is C13H28ClNO. The van der Waals surface area contributed by atoms with Crippen molar-refractivity contribution in [3.8, 4) is 0 Å². The molecule has 0 aromatic heterocycles. The Balaban J connectivity index is 3.30. The van der Waals surface area contributed by atoms with Crippen LogP contribution in [0.1, 0.15) is 46.5 Å². The average Bonchev–Trinajstić information content (AvgIpc) is 2.29. The predicted octanol–water partition coefficient (Wildman–Crippen LogP) is 3.44. The van der Waals surface area contributed by atoms with Crippen LogP contribution in [0.3, 0.4) is 0 Å². The van der Waals surface area contributed by atoms with Gasteiger partial charge in [0, 0.05) is 25.1 Å². The van der Waals surface area contributed by atoms with Crippen LogP contribution >= 0.6 is 11.6 Å². The molecule has 0 saturated carbocycles.